The largest absolute Gasteiger partial charge is 0.356 e. The maximum Gasteiger partial charge on any atom is 0.251 e. The molecule has 2 heterocycles. The Hall–Kier alpha value is -1.84. The summed E-state index contributed by atoms with van der Waals surface area (Å²) in [6.07, 6.45) is 3.14. The molecule has 1 amide bonds. The van der Waals surface area contributed by atoms with Crippen molar-refractivity contribution in [2.24, 2.45) is 0 Å². The van der Waals surface area contributed by atoms with Crippen molar-refractivity contribution in [2.45, 2.75) is 6.92 Å². The number of carbonyl (C=O) groups is 1. The Morgan fingerprint density at radius 2 is 2.23 bits per heavy atom. The van der Waals surface area contributed by atoms with Crippen molar-refractivity contribution in [1.29, 1.82) is 0 Å². The summed E-state index contributed by atoms with van der Waals surface area (Å²) in [5.74, 6) is 0.419. The molecule has 0 saturated heterocycles. The van der Waals surface area contributed by atoms with Gasteiger partial charge in [-0.25, -0.2) is 4.98 Å². The molecule has 1 aromatic rings. The van der Waals surface area contributed by atoms with Gasteiger partial charge in [0.05, 0.1) is 5.69 Å². The first-order valence-electron chi connectivity index (χ1n) is 3.97. The molecule has 0 bridgehead atoms. The van der Waals surface area contributed by atoms with Crippen LogP contribution in [0.3, 0.4) is 0 Å². The van der Waals surface area contributed by atoms with Crippen LogP contribution in [-0.4, -0.2) is 10.9 Å². The molecule has 0 aromatic carbocycles. The third-order valence-electron chi connectivity index (χ3n) is 1.73. The lowest BCUT2D eigenvalue weighted by atomic mass is 10.3. The molecule has 1 aliphatic heterocycles. The number of amides is 1. The van der Waals surface area contributed by atoms with Gasteiger partial charge in [0.25, 0.3) is 5.91 Å². The summed E-state index contributed by atoms with van der Waals surface area (Å²) < 4.78 is 0. The Morgan fingerprint density at radius 3 is 3.08 bits per heavy atom. The monoisotopic (exact) mass is 175 g/mol. The van der Waals surface area contributed by atoms with E-state index in [4.69, 9.17) is 0 Å². The number of nitrogens with one attached hydrogen (secondary N) is 2. The molecule has 4 heteroatoms. The number of hydrogen-bond donors (Lipinski definition) is 2. The lowest BCUT2D eigenvalue weighted by Crippen LogP contribution is -2.07. The van der Waals surface area contributed by atoms with Gasteiger partial charge in [-0.3, -0.25) is 4.79 Å². The SMILES string of the molecule is CC1=CC(=O)Nc2ncccc2N1. The van der Waals surface area contributed by atoms with Crippen molar-refractivity contribution in [3.63, 3.8) is 0 Å². The Balaban J connectivity index is 2.46. The molecule has 0 radical (unpaired) electrons. The van der Waals surface area contributed by atoms with Gasteiger partial charge in [-0.15, -0.1) is 0 Å². The van der Waals surface area contributed by atoms with E-state index < -0.39 is 0 Å². The molecule has 66 valence electrons. The number of carbonyl (C=O) groups excluding carboxylic acids is 1. The Labute approximate surface area is 75.7 Å². The van der Waals surface area contributed by atoms with Crippen LogP contribution in [-0.2, 0) is 4.79 Å². The Kier molecular flexibility index (Phi) is 1.73. The fourth-order valence-corrected chi connectivity index (χ4v) is 1.20. The highest BCUT2D eigenvalue weighted by Gasteiger charge is 2.10. The number of anilines is 2. The van der Waals surface area contributed by atoms with Gasteiger partial charge in [0.15, 0.2) is 5.82 Å². The van der Waals surface area contributed by atoms with Gasteiger partial charge >= 0.3 is 0 Å². The van der Waals surface area contributed by atoms with E-state index in [0.717, 1.165) is 11.4 Å². The molecule has 4 nitrogen and oxygen atoms in total. The van der Waals surface area contributed by atoms with Gasteiger partial charge in [-0.2, -0.15) is 0 Å². The molecule has 0 atom stereocenters. The Bertz CT molecular complexity index is 384. The molecule has 2 rings (SSSR count). The fourth-order valence-electron chi connectivity index (χ4n) is 1.20. The second-order valence-corrected chi connectivity index (χ2v) is 2.84. The standard InChI is InChI=1S/C9H9N3O/c1-6-5-8(13)12-9-7(11-6)3-2-4-10-9/h2-5,11H,1H3,(H,10,12,13). The van der Waals surface area contributed by atoms with Crippen LogP contribution in [0.2, 0.25) is 0 Å². The molecule has 0 fully saturated rings. The minimum Gasteiger partial charge on any atom is -0.356 e. The summed E-state index contributed by atoms with van der Waals surface area (Å²) in [6.45, 7) is 1.84. The zero-order valence-corrected chi connectivity index (χ0v) is 7.16. The van der Waals surface area contributed by atoms with E-state index >= 15 is 0 Å². The number of pyridine rings is 1. The quantitative estimate of drug-likeness (QED) is 0.625. The molecule has 0 aliphatic carbocycles. The van der Waals surface area contributed by atoms with E-state index in [1.807, 2.05) is 19.1 Å². The first-order chi connectivity index (χ1) is 6.25. The number of fused-ring (bicyclic) bond motifs is 1. The van der Waals surface area contributed by atoms with E-state index in [9.17, 15) is 4.79 Å². The number of aromatic nitrogens is 1. The third-order valence-corrected chi connectivity index (χ3v) is 1.73. The summed E-state index contributed by atoms with van der Waals surface area (Å²) in [5.41, 5.74) is 1.63. The number of rotatable bonds is 0. The topological polar surface area (TPSA) is 54.0 Å². The Morgan fingerprint density at radius 1 is 1.38 bits per heavy atom. The van der Waals surface area contributed by atoms with E-state index in [-0.39, 0.29) is 5.91 Å². The minimum atomic E-state index is -0.151. The van der Waals surface area contributed by atoms with Crippen molar-refractivity contribution in [3.05, 3.63) is 30.1 Å². The lowest BCUT2D eigenvalue weighted by Gasteiger charge is -2.05. The smallest absolute Gasteiger partial charge is 0.251 e. The predicted octanol–water partition coefficient (Wildman–Crippen LogP) is 1.35. The van der Waals surface area contributed by atoms with Crippen LogP contribution in [0, 0.1) is 0 Å². The van der Waals surface area contributed by atoms with Crippen molar-refractivity contribution < 1.29 is 4.79 Å². The molecule has 0 unspecified atom stereocenters. The van der Waals surface area contributed by atoms with Crippen LogP contribution in [0.15, 0.2) is 30.1 Å². The normalized spacial score (nSPS) is 14.8. The second-order valence-electron chi connectivity index (χ2n) is 2.84. The van der Waals surface area contributed by atoms with Gasteiger partial charge < -0.3 is 10.6 Å². The third kappa shape index (κ3) is 1.51. The summed E-state index contributed by atoms with van der Waals surface area (Å²) in [5, 5.41) is 5.73. The molecular formula is C9H9N3O. The summed E-state index contributed by atoms with van der Waals surface area (Å²) in [4.78, 5) is 15.2. The number of hydrogen-bond acceptors (Lipinski definition) is 3. The average Bonchev–Trinajstić information content (AvgIpc) is 2.20. The van der Waals surface area contributed by atoms with Crippen molar-refractivity contribution in [3.8, 4) is 0 Å². The molecular weight excluding hydrogens is 166 g/mol. The van der Waals surface area contributed by atoms with Gasteiger partial charge in [-0.1, -0.05) is 0 Å². The van der Waals surface area contributed by atoms with Gasteiger partial charge in [0.2, 0.25) is 0 Å². The molecule has 13 heavy (non-hydrogen) atoms. The van der Waals surface area contributed by atoms with Crippen LogP contribution >= 0.6 is 0 Å². The summed E-state index contributed by atoms with van der Waals surface area (Å²) in [6, 6.07) is 3.68. The van der Waals surface area contributed by atoms with Crippen LogP contribution in [0.1, 0.15) is 6.92 Å². The highest BCUT2D eigenvalue weighted by atomic mass is 16.1. The van der Waals surface area contributed by atoms with Gasteiger partial charge in [-0.05, 0) is 19.1 Å². The van der Waals surface area contributed by atoms with Crippen LogP contribution in [0.25, 0.3) is 0 Å². The predicted molar refractivity (Wildman–Crippen MR) is 50.2 cm³/mol. The van der Waals surface area contributed by atoms with Crippen LogP contribution in [0.5, 0.6) is 0 Å². The summed E-state index contributed by atoms with van der Waals surface area (Å²) >= 11 is 0. The number of allylic oxidation sites excluding steroid dienone is 1. The van der Waals surface area contributed by atoms with E-state index in [1.165, 1.54) is 6.08 Å². The molecule has 1 aliphatic rings. The zero-order chi connectivity index (χ0) is 9.26. The average molecular weight is 175 g/mol. The fraction of sp³-hybridized carbons (Fsp3) is 0.111. The highest BCUT2D eigenvalue weighted by molar-refractivity contribution is 6.02. The summed E-state index contributed by atoms with van der Waals surface area (Å²) in [7, 11) is 0. The van der Waals surface area contributed by atoms with Crippen LogP contribution < -0.4 is 10.6 Å². The van der Waals surface area contributed by atoms with Crippen LogP contribution in [0.4, 0.5) is 11.5 Å². The van der Waals surface area contributed by atoms with Gasteiger partial charge in [0.1, 0.15) is 0 Å². The molecule has 0 saturated carbocycles. The lowest BCUT2D eigenvalue weighted by molar-refractivity contribution is -0.111. The zero-order valence-electron chi connectivity index (χ0n) is 7.16. The first kappa shape index (κ1) is 7.79. The first-order valence-corrected chi connectivity index (χ1v) is 3.97. The second kappa shape index (κ2) is 2.90. The minimum absolute atomic E-state index is 0.151. The number of nitrogens with zero attached hydrogens (tertiary/aromatic N) is 1. The molecule has 2 N–H and O–H groups in total. The maximum absolute atomic E-state index is 11.2. The maximum atomic E-state index is 11.2. The molecule has 1 aromatic heterocycles. The van der Waals surface area contributed by atoms with Crippen molar-refractivity contribution >= 4 is 17.4 Å². The van der Waals surface area contributed by atoms with Crippen molar-refractivity contribution in [1.82, 2.24) is 4.98 Å². The highest BCUT2D eigenvalue weighted by Crippen LogP contribution is 2.21. The molecule has 0 spiro atoms. The van der Waals surface area contributed by atoms with Crippen molar-refractivity contribution in [2.75, 3.05) is 10.6 Å². The van der Waals surface area contributed by atoms with Gasteiger partial charge in [0, 0.05) is 18.0 Å². The van der Waals surface area contributed by atoms with E-state index in [1.54, 1.807) is 6.20 Å². The van der Waals surface area contributed by atoms with E-state index in [0.29, 0.717) is 5.82 Å². The van der Waals surface area contributed by atoms with E-state index in [2.05, 4.69) is 15.6 Å².